The molecule has 2 saturated heterocycles. The number of hydrogen-bond acceptors (Lipinski definition) is 5. The van der Waals surface area contributed by atoms with E-state index in [4.69, 9.17) is 14.5 Å². The molecule has 31 heavy (non-hydrogen) atoms. The normalized spacial score (nSPS) is 19.7. The van der Waals surface area contributed by atoms with Gasteiger partial charge in [-0.25, -0.2) is 0 Å². The summed E-state index contributed by atoms with van der Waals surface area (Å²) in [4.78, 5) is 10.1. The number of methoxy groups -OCH3 is 1. The maximum absolute atomic E-state index is 5.43. The summed E-state index contributed by atoms with van der Waals surface area (Å²) in [7, 11) is 1.72. The number of benzene rings is 1. The van der Waals surface area contributed by atoms with Crippen molar-refractivity contribution in [3.63, 3.8) is 0 Å². The lowest BCUT2D eigenvalue weighted by atomic mass is 10.0. The zero-order chi connectivity index (χ0) is 21.7. The minimum absolute atomic E-state index is 0.301. The van der Waals surface area contributed by atoms with E-state index in [0.717, 1.165) is 83.7 Å². The van der Waals surface area contributed by atoms with Crippen LogP contribution in [0, 0.1) is 0 Å². The third-order valence-electron chi connectivity index (χ3n) is 6.15. The van der Waals surface area contributed by atoms with E-state index in [1.54, 1.807) is 7.11 Å². The van der Waals surface area contributed by atoms with E-state index in [1.807, 2.05) is 0 Å². The van der Waals surface area contributed by atoms with Crippen LogP contribution in [0.15, 0.2) is 29.3 Å². The highest BCUT2D eigenvalue weighted by Gasteiger charge is 2.22. The minimum atomic E-state index is 0.301. The van der Waals surface area contributed by atoms with Crippen LogP contribution in [-0.2, 0) is 4.74 Å². The lowest BCUT2D eigenvalue weighted by Crippen LogP contribution is -2.41. The Morgan fingerprint density at radius 2 is 1.81 bits per heavy atom. The fourth-order valence-electron chi connectivity index (χ4n) is 4.34. The molecular weight excluding hydrogens is 390 g/mol. The van der Waals surface area contributed by atoms with Crippen LogP contribution in [0.1, 0.15) is 44.2 Å². The Morgan fingerprint density at radius 1 is 1.06 bits per heavy atom. The Hall–Kier alpha value is -1.83. The molecule has 0 aliphatic carbocycles. The summed E-state index contributed by atoms with van der Waals surface area (Å²) in [6.07, 6.45) is 4.99. The Bertz CT molecular complexity index is 640. The summed E-state index contributed by atoms with van der Waals surface area (Å²) in [5.41, 5.74) is 1.31. The van der Waals surface area contributed by atoms with Gasteiger partial charge in [0.2, 0.25) is 0 Å². The van der Waals surface area contributed by atoms with Gasteiger partial charge >= 0.3 is 0 Å². The molecule has 0 spiro atoms. The molecule has 2 aliphatic heterocycles. The van der Waals surface area contributed by atoms with Gasteiger partial charge in [0.25, 0.3) is 0 Å². The van der Waals surface area contributed by atoms with Crippen molar-refractivity contribution >= 4 is 5.96 Å². The van der Waals surface area contributed by atoms with Gasteiger partial charge < -0.3 is 20.1 Å². The predicted octanol–water partition coefficient (Wildman–Crippen LogP) is 2.50. The molecule has 2 aliphatic rings. The largest absolute Gasteiger partial charge is 0.497 e. The fourth-order valence-corrected chi connectivity index (χ4v) is 4.34. The number of rotatable bonds is 10. The van der Waals surface area contributed by atoms with Crippen LogP contribution in [0.3, 0.4) is 0 Å². The first kappa shape index (κ1) is 23.8. The van der Waals surface area contributed by atoms with Gasteiger partial charge in [-0.1, -0.05) is 18.6 Å². The number of nitrogens with zero attached hydrogens (tertiary/aromatic N) is 3. The number of piperidine rings is 1. The molecule has 1 aromatic rings. The monoisotopic (exact) mass is 431 g/mol. The molecule has 0 saturated carbocycles. The summed E-state index contributed by atoms with van der Waals surface area (Å²) in [5.74, 6) is 1.82. The van der Waals surface area contributed by atoms with Gasteiger partial charge in [-0.3, -0.25) is 14.8 Å². The van der Waals surface area contributed by atoms with Crippen LogP contribution >= 0.6 is 0 Å². The zero-order valence-corrected chi connectivity index (χ0v) is 19.4. The lowest BCUT2D eigenvalue weighted by Gasteiger charge is -2.34. The third kappa shape index (κ3) is 7.98. The molecule has 3 rings (SSSR count). The van der Waals surface area contributed by atoms with Gasteiger partial charge in [-0.2, -0.15) is 0 Å². The predicted molar refractivity (Wildman–Crippen MR) is 127 cm³/mol. The van der Waals surface area contributed by atoms with E-state index in [9.17, 15) is 0 Å². The van der Waals surface area contributed by atoms with Gasteiger partial charge in [0, 0.05) is 26.2 Å². The van der Waals surface area contributed by atoms with Crippen LogP contribution in [-0.4, -0.2) is 88.4 Å². The first-order chi connectivity index (χ1) is 15.3. The fraction of sp³-hybridized carbons (Fsp3) is 0.708. The minimum Gasteiger partial charge on any atom is -0.497 e. The van der Waals surface area contributed by atoms with E-state index < -0.39 is 0 Å². The van der Waals surface area contributed by atoms with E-state index in [1.165, 1.54) is 24.8 Å². The first-order valence-electron chi connectivity index (χ1n) is 12.0. The first-order valence-corrected chi connectivity index (χ1v) is 12.0. The Morgan fingerprint density at radius 3 is 2.48 bits per heavy atom. The molecule has 7 heteroatoms. The molecule has 0 radical (unpaired) electrons. The average Bonchev–Trinajstić information content (AvgIpc) is 2.83. The van der Waals surface area contributed by atoms with E-state index in [2.05, 4.69) is 51.6 Å². The number of aliphatic imine (C=N–C) groups is 1. The molecule has 1 unspecified atom stereocenters. The number of hydrogen-bond donors (Lipinski definition) is 2. The SMILES string of the molecule is CCNC(=NCC(c1ccc(OC)cc1)N1CCCCC1)NCCCN1CCOCC1. The Kier molecular flexibility index (Phi) is 10.4. The van der Waals surface area contributed by atoms with E-state index in [-0.39, 0.29) is 0 Å². The van der Waals surface area contributed by atoms with E-state index >= 15 is 0 Å². The molecule has 0 aromatic heterocycles. The van der Waals surface area contributed by atoms with Gasteiger partial charge in [-0.05, 0) is 63.5 Å². The number of nitrogens with one attached hydrogen (secondary N) is 2. The molecule has 1 atom stereocenters. The van der Waals surface area contributed by atoms with Crippen LogP contribution in [0.25, 0.3) is 0 Å². The second-order valence-corrected chi connectivity index (χ2v) is 8.34. The van der Waals surface area contributed by atoms with Crippen molar-refractivity contribution in [2.24, 2.45) is 4.99 Å². The molecule has 2 N–H and O–H groups in total. The second kappa shape index (κ2) is 13.6. The van der Waals surface area contributed by atoms with Crippen molar-refractivity contribution in [3.8, 4) is 5.75 Å². The Balaban J connectivity index is 1.57. The van der Waals surface area contributed by atoms with Crippen molar-refractivity contribution in [1.82, 2.24) is 20.4 Å². The highest BCUT2D eigenvalue weighted by molar-refractivity contribution is 5.79. The van der Waals surface area contributed by atoms with Crippen molar-refractivity contribution in [3.05, 3.63) is 29.8 Å². The molecule has 2 heterocycles. The number of morpholine rings is 1. The molecule has 174 valence electrons. The topological polar surface area (TPSA) is 61.4 Å². The van der Waals surface area contributed by atoms with Gasteiger partial charge in [-0.15, -0.1) is 0 Å². The molecule has 7 nitrogen and oxygen atoms in total. The summed E-state index contributed by atoms with van der Waals surface area (Å²) in [6.45, 7) is 11.9. The second-order valence-electron chi connectivity index (χ2n) is 8.34. The van der Waals surface area contributed by atoms with Crippen molar-refractivity contribution in [2.75, 3.05) is 72.7 Å². The summed E-state index contributed by atoms with van der Waals surface area (Å²) in [5, 5.41) is 6.95. The van der Waals surface area contributed by atoms with Crippen LogP contribution in [0.2, 0.25) is 0 Å². The number of likely N-dealkylation sites (tertiary alicyclic amines) is 1. The molecular formula is C24H41N5O2. The van der Waals surface area contributed by atoms with Gasteiger partial charge in [0.05, 0.1) is 32.9 Å². The molecule has 1 aromatic carbocycles. The van der Waals surface area contributed by atoms with Crippen molar-refractivity contribution in [2.45, 2.75) is 38.6 Å². The maximum atomic E-state index is 5.43. The summed E-state index contributed by atoms with van der Waals surface area (Å²) in [6, 6.07) is 8.80. The summed E-state index contributed by atoms with van der Waals surface area (Å²) >= 11 is 0. The third-order valence-corrected chi connectivity index (χ3v) is 6.15. The lowest BCUT2D eigenvalue weighted by molar-refractivity contribution is 0.0376. The number of ether oxygens (including phenoxy) is 2. The van der Waals surface area contributed by atoms with Gasteiger partial charge in [0.15, 0.2) is 5.96 Å². The molecule has 0 amide bonds. The maximum Gasteiger partial charge on any atom is 0.191 e. The smallest absolute Gasteiger partial charge is 0.191 e. The van der Waals surface area contributed by atoms with Crippen LogP contribution in [0.5, 0.6) is 5.75 Å². The van der Waals surface area contributed by atoms with Crippen molar-refractivity contribution in [1.29, 1.82) is 0 Å². The zero-order valence-electron chi connectivity index (χ0n) is 19.4. The summed E-state index contributed by atoms with van der Waals surface area (Å²) < 4.78 is 10.8. The Labute approximate surface area is 188 Å². The van der Waals surface area contributed by atoms with Crippen LogP contribution in [0.4, 0.5) is 0 Å². The van der Waals surface area contributed by atoms with E-state index in [0.29, 0.717) is 6.04 Å². The standard InChI is InChI=1S/C24H41N5O2/c1-3-25-24(26-12-7-13-28-16-18-31-19-17-28)27-20-23(29-14-5-4-6-15-29)21-8-10-22(30-2)11-9-21/h8-11,23H,3-7,12-20H2,1-2H3,(H2,25,26,27). The van der Waals surface area contributed by atoms with Crippen molar-refractivity contribution < 1.29 is 9.47 Å². The molecule has 2 fully saturated rings. The molecule has 0 bridgehead atoms. The quantitative estimate of drug-likeness (QED) is 0.337. The highest BCUT2D eigenvalue weighted by Crippen LogP contribution is 2.26. The average molecular weight is 432 g/mol. The number of guanidine groups is 1. The van der Waals surface area contributed by atoms with Gasteiger partial charge in [0.1, 0.15) is 5.75 Å². The highest BCUT2D eigenvalue weighted by atomic mass is 16.5. The van der Waals surface area contributed by atoms with Crippen LogP contribution < -0.4 is 15.4 Å².